The Kier molecular flexibility index (Phi) is 3.59. The number of nitrogens with zero attached hydrogens (tertiary/aromatic N) is 1. The van der Waals surface area contributed by atoms with Crippen molar-refractivity contribution in [2.45, 2.75) is 19.9 Å². The topological polar surface area (TPSA) is 55.1 Å². The van der Waals surface area contributed by atoms with E-state index in [1.54, 1.807) is 13.8 Å². The number of oxazole rings is 1. The fourth-order valence-electron chi connectivity index (χ4n) is 1.59. The first-order chi connectivity index (χ1) is 8.99. The average molecular weight is 266 g/mol. The molecule has 1 N–H and O–H groups in total. The molecule has 2 rings (SSSR count). The Labute approximate surface area is 108 Å². The Morgan fingerprint density at radius 3 is 2.79 bits per heavy atom. The Balaban J connectivity index is 2.15. The van der Waals surface area contributed by atoms with Crippen molar-refractivity contribution in [3.05, 3.63) is 53.2 Å². The van der Waals surface area contributed by atoms with Crippen LogP contribution in [0.15, 0.2) is 28.8 Å². The van der Waals surface area contributed by atoms with E-state index in [9.17, 15) is 13.6 Å². The molecule has 0 aliphatic heterocycles. The summed E-state index contributed by atoms with van der Waals surface area (Å²) in [5.74, 6) is -2.04. The molecule has 0 bridgehead atoms. The summed E-state index contributed by atoms with van der Waals surface area (Å²) in [7, 11) is 0. The maximum atomic E-state index is 13.4. The van der Waals surface area contributed by atoms with E-state index >= 15 is 0 Å². The highest BCUT2D eigenvalue weighted by molar-refractivity contribution is 5.94. The number of benzene rings is 1. The molecule has 0 aliphatic carbocycles. The highest BCUT2D eigenvalue weighted by Crippen LogP contribution is 2.15. The fraction of sp³-hybridized carbons (Fsp3) is 0.231. The van der Waals surface area contributed by atoms with E-state index in [0.29, 0.717) is 11.7 Å². The molecule has 4 nitrogen and oxygen atoms in total. The van der Waals surface area contributed by atoms with Crippen LogP contribution in [0.3, 0.4) is 0 Å². The van der Waals surface area contributed by atoms with Gasteiger partial charge in [-0.05, 0) is 26.0 Å². The number of rotatable bonds is 3. The van der Waals surface area contributed by atoms with Gasteiger partial charge in [-0.15, -0.1) is 0 Å². The minimum absolute atomic E-state index is 0.308. The molecule has 0 fully saturated rings. The summed E-state index contributed by atoms with van der Waals surface area (Å²) in [5.41, 5.74) is -0.352. The number of amides is 1. The maximum absolute atomic E-state index is 13.4. The van der Waals surface area contributed by atoms with Crippen LogP contribution in [-0.2, 0) is 0 Å². The minimum Gasteiger partial charge on any atom is -0.444 e. The zero-order valence-corrected chi connectivity index (χ0v) is 10.4. The predicted octanol–water partition coefficient (Wildman–Crippen LogP) is 2.75. The predicted molar refractivity (Wildman–Crippen MR) is 63.5 cm³/mol. The van der Waals surface area contributed by atoms with Gasteiger partial charge in [0, 0.05) is 0 Å². The molecule has 0 radical (unpaired) electrons. The lowest BCUT2D eigenvalue weighted by Crippen LogP contribution is -2.27. The van der Waals surface area contributed by atoms with E-state index in [1.807, 2.05) is 0 Å². The molecular weight excluding hydrogens is 254 g/mol. The lowest BCUT2D eigenvalue weighted by molar-refractivity contribution is 0.0928. The summed E-state index contributed by atoms with van der Waals surface area (Å²) in [5, 5.41) is 2.49. The molecule has 1 aromatic heterocycles. The average Bonchev–Trinajstić information content (AvgIpc) is 2.79. The number of halogens is 2. The van der Waals surface area contributed by atoms with Gasteiger partial charge in [0.1, 0.15) is 11.8 Å². The summed E-state index contributed by atoms with van der Waals surface area (Å²) in [4.78, 5) is 15.8. The van der Waals surface area contributed by atoms with Gasteiger partial charge in [0.25, 0.3) is 5.91 Å². The Bertz CT molecular complexity index is 610. The standard InChI is InChI=1S/C13H12F2N2O2/c1-7-6-16-13(19-7)8(2)17-12(18)9-4-3-5-10(14)11(9)15/h3-6,8H,1-2H3,(H,17,18). The number of aryl methyl sites for hydroxylation is 1. The van der Waals surface area contributed by atoms with Crippen LogP contribution in [0.1, 0.15) is 35.0 Å². The number of hydrogen-bond donors (Lipinski definition) is 1. The summed E-state index contributed by atoms with van der Waals surface area (Å²) in [6.07, 6.45) is 1.51. The molecule has 0 saturated carbocycles. The van der Waals surface area contributed by atoms with Crippen LogP contribution in [0.4, 0.5) is 8.78 Å². The second-order valence-electron chi connectivity index (χ2n) is 4.11. The summed E-state index contributed by atoms with van der Waals surface area (Å²) in [6, 6.07) is 2.89. The third-order valence-electron chi connectivity index (χ3n) is 2.55. The van der Waals surface area contributed by atoms with Crippen LogP contribution in [-0.4, -0.2) is 10.9 Å². The van der Waals surface area contributed by atoms with Crippen molar-refractivity contribution in [3.8, 4) is 0 Å². The molecule has 1 aromatic carbocycles. The fourth-order valence-corrected chi connectivity index (χ4v) is 1.59. The molecule has 1 heterocycles. The van der Waals surface area contributed by atoms with Gasteiger partial charge in [0.15, 0.2) is 11.6 Å². The van der Waals surface area contributed by atoms with Crippen molar-refractivity contribution in [1.29, 1.82) is 0 Å². The van der Waals surface area contributed by atoms with E-state index in [4.69, 9.17) is 4.42 Å². The van der Waals surface area contributed by atoms with Gasteiger partial charge in [-0.1, -0.05) is 6.07 Å². The number of carbonyl (C=O) groups excluding carboxylic acids is 1. The van der Waals surface area contributed by atoms with Gasteiger partial charge >= 0.3 is 0 Å². The van der Waals surface area contributed by atoms with Crippen molar-refractivity contribution in [2.75, 3.05) is 0 Å². The van der Waals surface area contributed by atoms with E-state index < -0.39 is 23.6 Å². The van der Waals surface area contributed by atoms with Crippen LogP contribution in [0.5, 0.6) is 0 Å². The summed E-state index contributed by atoms with van der Waals surface area (Å²) in [6.45, 7) is 3.36. The minimum atomic E-state index is -1.17. The zero-order chi connectivity index (χ0) is 14.0. The Morgan fingerprint density at radius 1 is 1.42 bits per heavy atom. The van der Waals surface area contributed by atoms with E-state index in [0.717, 1.165) is 6.07 Å². The first-order valence-electron chi connectivity index (χ1n) is 5.66. The van der Waals surface area contributed by atoms with E-state index in [2.05, 4.69) is 10.3 Å². The summed E-state index contributed by atoms with van der Waals surface area (Å²) < 4.78 is 31.7. The Morgan fingerprint density at radius 2 is 2.16 bits per heavy atom. The quantitative estimate of drug-likeness (QED) is 0.929. The van der Waals surface area contributed by atoms with Crippen LogP contribution >= 0.6 is 0 Å². The molecule has 19 heavy (non-hydrogen) atoms. The van der Waals surface area contributed by atoms with E-state index in [-0.39, 0.29) is 5.56 Å². The molecule has 1 atom stereocenters. The number of nitrogens with one attached hydrogen (secondary N) is 1. The Hall–Kier alpha value is -2.24. The van der Waals surface area contributed by atoms with Gasteiger partial charge < -0.3 is 9.73 Å². The van der Waals surface area contributed by atoms with Gasteiger partial charge in [-0.2, -0.15) is 0 Å². The van der Waals surface area contributed by atoms with Gasteiger partial charge in [0.2, 0.25) is 5.89 Å². The first-order valence-corrected chi connectivity index (χ1v) is 5.66. The van der Waals surface area contributed by atoms with Crippen LogP contribution in [0.25, 0.3) is 0 Å². The highest BCUT2D eigenvalue weighted by Gasteiger charge is 2.19. The molecule has 0 saturated heterocycles. The highest BCUT2D eigenvalue weighted by atomic mass is 19.2. The lowest BCUT2D eigenvalue weighted by Gasteiger charge is -2.11. The molecule has 1 amide bonds. The van der Waals surface area contributed by atoms with Crippen molar-refractivity contribution < 1.29 is 18.0 Å². The van der Waals surface area contributed by atoms with Crippen molar-refractivity contribution >= 4 is 5.91 Å². The third-order valence-corrected chi connectivity index (χ3v) is 2.55. The van der Waals surface area contributed by atoms with Crippen molar-refractivity contribution in [3.63, 3.8) is 0 Å². The molecule has 2 aromatic rings. The molecule has 1 unspecified atom stereocenters. The number of aromatic nitrogens is 1. The number of hydrogen-bond acceptors (Lipinski definition) is 3. The van der Waals surface area contributed by atoms with E-state index in [1.165, 1.54) is 18.3 Å². The maximum Gasteiger partial charge on any atom is 0.255 e. The summed E-state index contributed by atoms with van der Waals surface area (Å²) >= 11 is 0. The van der Waals surface area contributed by atoms with Crippen LogP contribution < -0.4 is 5.32 Å². The second-order valence-corrected chi connectivity index (χ2v) is 4.11. The van der Waals surface area contributed by atoms with Crippen LogP contribution in [0, 0.1) is 18.6 Å². The van der Waals surface area contributed by atoms with Gasteiger partial charge in [0.05, 0.1) is 11.8 Å². The molecular formula is C13H12F2N2O2. The molecule has 100 valence electrons. The van der Waals surface area contributed by atoms with Gasteiger partial charge in [-0.25, -0.2) is 13.8 Å². The third kappa shape index (κ3) is 2.78. The zero-order valence-electron chi connectivity index (χ0n) is 10.4. The second kappa shape index (κ2) is 5.17. The van der Waals surface area contributed by atoms with Gasteiger partial charge in [-0.3, -0.25) is 4.79 Å². The molecule has 0 aliphatic rings. The molecule has 0 spiro atoms. The van der Waals surface area contributed by atoms with Crippen molar-refractivity contribution in [1.82, 2.24) is 10.3 Å². The normalized spacial score (nSPS) is 12.2. The number of carbonyl (C=O) groups is 1. The lowest BCUT2D eigenvalue weighted by atomic mass is 10.2. The SMILES string of the molecule is Cc1cnc(C(C)NC(=O)c2cccc(F)c2F)o1. The molecule has 6 heteroatoms. The monoisotopic (exact) mass is 266 g/mol. The smallest absolute Gasteiger partial charge is 0.255 e. The van der Waals surface area contributed by atoms with Crippen molar-refractivity contribution in [2.24, 2.45) is 0 Å². The largest absolute Gasteiger partial charge is 0.444 e. The first kappa shape index (κ1) is 13.2. The van der Waals surface area contributed by atoms with Crippen LogP contribution in [0.2, 0.25) is 0 Å².